The summed E-state index contributed by atoms with van der Waals surface area (Å²) in [5.41, 5.74) is 0.347. The molecule has 120 valence electrons. The number of hydrogen-bond acceptors (Lipinski definition) is 4. The molecule has 1 fully saturated rings. The molecule has 0 radical (unpaired) electrons. The first-order valence-corrected chi connectivity index (χ1v) is 9.33. The van der Waals surface area contributed by atoms with Gasteiger partial charge >= 0.3 is 0 Å². The fourth-order valence-electron chi connectivity index (χ4n) is 2.76. The van der Waals surface area contributed by atoms with Gasteiger partial charge in [0.15, 0.2) is 0 Å². The van der Waals surface area contributed by atoms with Crippen molar-refractivity contribution in [1.82, 2.24) is 10.0 Å². The van der Waals surface area contributed by atoms with Crippen LogP contribution in [0.4, 0.5) is 0 Å². The quantitative estimate of drug-likeness (QED) is 0.621. The van der Waals surface area contributed by atoms with Crippen LogP contribution in [0.1, 0.15) is 44.1 Å². The molecule has 0 aromatic heterocycles. The molecule has 1 aromatic rings. The molecule has 22 heavy (non-hydrogen) atoms. The maximum absolute atomic E-state index is 12.2. The summed E-state index contributed by atoms with van der Waals surface area (Å²) < 4.78 is 26.9. The smallest absolute Gasteiger partial charge is 0.240 e. The Morgan fingerprint density at radius 3 is 2.55 bits per heavy atom. The average molecular weight is 321 g/mol. The van der Waals surface area contributed by atoms with Crippen LogP contribution in [-0.4, -0.2) is 27.5 Å². The number of sulfonamides is 1. The van der Waals surface area contributed by atoms with E-state index in [0.717, 1.165) is 0 Å². The summed E-state index contributed by atoms with van der Waals surface area (Å²) in [5, 5.41) is 12.3. The fourth-order valence-corrected chi connectivity index (χ4v) is 3.84. The van der Waals surface area contributed by atoms with Crippen molar-refractivity contribution in [3.05, 3.63) is 29.8 Å². The van der Waals surface area contributed by atoms with Crippen molar-refractivity contribution < 1.29 is 8.42 Å². The normalized spacial score (nSPS) is 16.9. The first-order valence-electron chi connectivity index (χ1n) is 7.85. The Hall–Kier alpha value is -1.42. The minimum Gasteiger partial charge on any atom is -0.313 e. The molecule has 1 aromatic carbocycles. The summed E-state index contributed by atoms with van der Waals surface area (Å²) in [6, 6.07) is 8.52. The molecule has 0 spiro atoms. The van der Waals surface area contributed by atoms with Crippen LogP contribution in [0.15, 0.2) is 29.2 Å². The lowest BCUT2D eigenvalue weighted by Crippen LogP contribution is -2.36. The van der Waals surface area contributed by atoms with Gasteiger partial charge in [0.2, 0.25) is 10.0 Å². The monoisotopic (exact) mass is 321 g/mol. The molecule has 6 heteroatoms. The second-order valence-corrected chi connectivity index (χ2v) is 7.45. The van der Waals surface area contributed by atoms with Crippen LogP contribution < -0.4 is 10.0 Å². The van der Waals surface area contributed by atoms with Crippen LogP contribution in [0.2, 0.25) is 0 Å². The van der Waals surface area contributed by atoms with Gasteiger partial charge in [-0.05, 0) is 31.0 Å². The molecule has 1 aliphatic carbocycles. The number of benzene rings is 1. The van der Waals surface area contributed by atoms with Crippen molar-refractivity contribution in [2.24, 2.45) is 0 Å². The van der Waals surface area contributed by atoms with Crippen LogP contribution in [0, 0.1) is 11.3 Å². The third-order valence-electron chi connectivity index (χ3n) is 3.98. The van der Waals surface area contributed by atoms with Crippen LogP contribution in [0.3, 0.4) is 0 Å². The van der Waals surface area contributed by atoms with Gasteiger partial charge in [-0.1, -0.05) is 31.7 Å². The molecule has 0 atom stereocenters. The van der Waals surface area contributed by atoms with Crippen molar-refractivity contribution >= 4 is 10.0 Å². The topological polar surface area (TPSA) is 82.0 Å². The van der Waals surface area contributed by atoms with Gasteiger partial charge in [0.05, 0.1) is 16.5 Å². The molecule has 1 saturated carbocycles. The van der Waals surface area contributed by atoms with E-state index in [1.165, 1.54) is 50.7 Å². The zero-order valence-electron chi connectivity index (χ0n) is 12.7. The van der Waals surface area contributed by atoms with Crippen molar-refractivity contribution in [2.45, 2.75) is 49.5 Å². The van der Waals surface area contributed by atoms with Gasteiger partial charge in [0.25, 0.3) is 0 Å². The Bertz CT molecular complexity index is 615. The van der Waals surface area contributed by atoms with Gasteiger partial charge in [-0.3, -0.25) is 0 Å². The highest BCUT2D eigenvalue weighted by Gasteiger charge is 2.15. The second-order valence-electron chi connectivity index (χ2n) is 5.68. The van der Waals surface area contributed by atoms with Gasteiger partial charge < -0.3 is 5.32 Å². The van der Waals surface area contributed by atoms with Crippen molar-refractivity contribution in [3.8, 4) is 6.07 Å². The Balaban J connectivity index is 1.81. The van der Waals surface area contributed by atoms with Crippen LogP contribution in [0.25, 0.3) is 0 Å². The van der Waals surface area contributed by atoms with E-state index < -0.39 is 10.0 Å². The van der Waals surface area contributed by atoms with Crippen LogP contribution >= 0.6 is 0 Å². The first-order chi connectivity index (χ1) is 10.6. The lowest BCUT2D eigenvalue weighted by molar-refractivity contribution is 0.461. The summed E-state index contributed by atoms with van der Waals surface area (Å²) in [4.78, 5) is 0.140. The molecule has 0 unspecified atom stereocenters. The number of nitriles is 1. The average Bonchev–Trinajstić information content (AvgIpc) is 2.80. The standard InChI is InChI=1S/C16H23N3O2S/c17-13-14-6-5-9-16(12-14)22(20,21)19-11-10-18-15-7-3-1-2-4-8-15/h5-6,9,12,15,18-19H,1-4,7-8,10-11H2. The lowest BCUT2D eigenvalue weighted by Gasteiger charge is -2.16. The second kappa shape index (κ2) is 8.28. The molecule has 0 aliphatic heterocycles. The van der Waals surface area contributed by atoms with Gasteiger partial charge in [0.1, 0.15) is 0 Å². The van der Waals surface area contributed by atoms with E-state index in [2.05, 4.69) is 10.0 Å². The number of hydrogen-bond donors (Lipinski definition) is 2. The van der Waals surface area contributed by atoms with Gasteiger partial charge in [-0.25, -0.2) is 13.1 Å². The Morgan fingerprint density at radius 2 is 1.86 bits per heavy atom. The maximum Gasteiger partial charge on any atom is 0.240 e. The third-order valence-corrected chi connectivity index (χ3v) is 5.44. The Labute approximate surface area is 132 Å². The van der Waals surface area contributed by atoms with Crippen molar-refractivity contribution in [1.29, 1.82) is 5.26 Å². The molecule has 2 rings (SSSR count). The summed E-state index contributed by atoms with van der Waals surface area (Å²) in [5.74, 6) is 0. The molecule has 0 heterocycles. The fraction of sp³-hybridized carbons (Fsp3) is 0.562. The molecule has 0 amide bonds. The molecule has 0 saturated heterocycles. The van der Waals surface area contributed by atoms with Gasteiger partial charge in [-0.2, -0.15) is 5.26 Å². The minimum atomic E-state index is -3.54. The SMILES string of the molecule is N#Cc1cccc(S(=O)(=O)NCCNC2CCCCCC2)c1. The molecule has 0 bridgehead atoms. The molecule has 1 aliphatic rings. The van der Waals surface area contributed by atoms with E-state index >= 15 is 0 Å². The number of rotatable bonds is 6. The van der Waals surface area contributed by atoms with E-state index in [9.17, 15) is 8.42 Å². The minimum absolute atomic E-state index is 0.140. The highest BCUT2D eigenvalue weighted by molar-refractivity contribution is 7.89. The predicted molar refractivity (Wildman–Crippen MR) is 85.8 cm³/mol. The van der Waals surface area contributed by atoms with Gasteiger partial charge in [-0.15, -0.1) is 0 Å². The zero-order valence-corrected chi connectivity index (χ0v) is 13.5. The molecule has 5 nitrogen and oxygen atoms in total. The maximum atomic E-state index is 12.2. The molecular weight excluding hydrogens is 298 g/mol. The van der Waals surface area contributed by atoms with Crippen molar-refractivity contribution in [3.63, 3.8) is 0 Å². The van der Waals surface area contributed by atoms with E-state index in [1.807, 2.05) is 6.07 Å². The summed E-state index contributed by atoms with van der Waals surface area (Å²) in [7, 11) is -3.54. The van der Waals surface area contributed by atoms with Crippen molar-refractivity contribution in [2.75, 3.05) is 13.1 Å². The summed E-state index contributed by atoms with van der Waals surface area (Å²) in [6.07, 6.45) is 7.47. The van der Waals surface area contributed by atoms with E-state index in [4.69, 9.17) is 5.26 Å². The summed E-state index contributed by atoms with van der Waals surface area (Å²) in [6.45, 7) is 0.984. The third kappa shape index (κ3) is 5.09. The van der Waals surface area contributed by atoms with Crippen LogP contribution in [-0.2, 0) is 10.0 Å². The van der Waals surface area contributed by atoms with E-state index in [0.29, 0.717) is 24.7 Å². The summed E-state index contributed by atoms with van der Waals surface area (Å²) >= 11 is 0. The highest BCUT2D eigenvalue weighted by Crippen LogP contribution is 2.17. The Morgan fingerprint density at radius 1 is 1.14 bits per heavy atom. The Kier molecular flexibility index (Phi) is 6.37. The predicted octanol–water partition coefficient (Wildman–Crippen LogP) is 2.15. The van der Waals surface area contributed by atoms with E-state index in [1.54, 1.807) is 12.1 Å². The first kappa shape index (κ1) is 16.9. The zero-order chi connectivity index (χ0) is 15.8. The lowest BCUT2D eigenvalue weighted by atomic mass is 10.1. The number of nitrogens with zero attached hydrogens (tertiary/aromatic N) is 1. The molecular formula is C16H23N3O2S. The van der Waals surface area contributed by atoms with Crippen LogP contribution in [0.5, 0.6) is 0 Å². The largest absolute Gasteiger partial charge is 0.313 e. The van der Waals surface area contributed by atoms with E-state index in [-0.39, 0.29) is 4.90 Å². The number of nitrogens with one attached hydrogen (secondary N) is 2. The molecule has 2 N–H and O–H groups in total. The van der Waals surface area contributed by atoms with Gasteiger partial charge in [0, 0.05) is 19.1 Å². The highest BCUT2D eigenvalue weighted by atomic mass is 32.2.